The first-order chi connectivity index (χ1) is 21.0. The van der Waals surface area contributed by atoms with Crippen molar-refractivity contribution >= 4 is 17.8 Å². The number of nitrogens with zero attached hydrogens (tertiary/aromatic N) is 6. The van der Waals surface area contributed by atoms with Gasteiger partial charge < -0.3 is 19.7 Å². The quantitative estimate of drug-likeness (QED) is 0.474. The van der Waals surface area contributed by atoms with Crippen LogP contribution in [0.5, 0.6) is 0 Å². The van der Waals surface area contributed by atoms with Crippen molar-refractivity contribution < 1.29 is 50.9 Å². The van der Waals surface area contributed by atoms with Crippen LogP contribution in [0.4, 0.5) is 26.3 Å². The van der Waals surface area contributed by atoms with Gasteiger partial charge in [-0.15, -0.1) is 10.2 Å². The van der Waals surface area contributed by atoms with E-state index in [9.17, 15) is 31.1 Å². The minimum Gasteiger partial charge on any atom is -0.475 e. The number of halogens is 6. The van der Waals surface area contributed by atoms with Crippen LogP contribution >= 0.6 is 0 Å². The number of carbonyl (C=O) groups is 3. The SMILES string of the molecule is CC1CCCCN1C(=O)c1nnc2n1CCN(C)C21CCN(Cc2ccccc2)CC1.O=C(O)C(F)(F)F.O=C(O)C(F)(F)F. The molecule has 5 rings (SSSR count). The van der Waals surface area contributed by atoms with Gasteiger partial charge in [-0.1, -0.05) is 30.3 Å². The first kappa shape index (κ1) is 35.7. The molecule has 3 aliphatic rings. The summed E-state index contributed by atoms with van der Waals surface area (Å²) in [5.74, 6) is -3.91. The van der Waals surface area contributed by atoms with Crippen molar-refractivity contribution in [1.29, 1.82) is 0 Å². The molecule has 0 radical (unpaired) electrons. The number of hydrogen-bond donors (Lipinski definition) is 2. The second-order valence-electron chi connectivity index (χ2n) is 11.2. The third-order valence-corrected chi connectivity index (χ3v) is 8.23. The number of hydrogen-bond acceptors (Lipinski definition) is 7. The predicted octanol–water partition coefficient (Wildman–Crippen LogP) is 4.00. The minimum atomic E-state index is -5.08. The number of fused-ring (bicyclic) bond motifs is 2. The first-order valence-electron chi connectivity index (χ1n) is 14.3. The fourth-order valence-corrected chi connectivity index (χ4v) is 5.71. The minimum absolute atomic E-state index is 0.0622. The Morgan fingerprint density at radius 1 is 0.867 bits per heavy atom. The maximum absolute atomic E-state index is 13.3. The van der Waals surface area contributed by atoms with E-state index in [1.807, 2.05) is 4.90 Å². The fraction of sp³-hybridized carbons (Fsp3) is 0.607. The van der Waals surface area contributed by atoms with E-state index in [-0.39, 0.29) is 17.5 Å². The molecule has 1 unspecified atom stereocenters. The van der Waals surface area contributed by atoms with E-state index in [1.54, 1.807) is 0 Å². The lowest BCUT2D eigenvalue weighted by Gasteiger charge is -2.49. The summed E-state index contributed by atoms with van der Waals surface area (Å²) < 4.78 is 65.6. The Balaban J connectivity index is 0.000000331. The number of benzene rings is 1. The zero-order valence-corrected chi connectivity index (χ0v) is 24.8. The number of rotatable bonds is 3. The Kier molecular flexibility index (Phi) is 11.6. The second-order valence-corrected chi connectivity index (χ2v) is 11.2. The highest BCUT2D eigenvalue weighted by Crippen LogP contribution is 2.40. The maximum Gasteiger partial charge on any atom is 0.490 e. The Labute approximate surface area is 255 Å². The Morgan fingerprint density at radius 2 is 1.42 bits per heavy atom. The molecule has 45 heavy (non-hydrogen) atoms. The highest BCUT2D eigenvalue weighted by atomic mass is 19.4. The van der Waals surface area contributed by atoms with Crippen molar-refractivity contribution in [3.05, 3.63) is 47.5 Å². The molecule has 2 N–H and O–H groups in total. The van der Waals surface area contributed by atoms with Crippen LogP contribution in [0.2, 0.25) is 0 Å². The van der Waals surface area contributed by atoms with Crippen molar-refractivity contribution in [3.8, 4) is 0 Å². The number of alkyl halides is 6. The van der Waals surface area contributed by atoms with Crippen molar-refractivity contribution in [3.63, 3.8) is 0 Å². The van der Waals surface area contributed by atoms with Gasteiger partial charge in [-0.05, 0) is 51.6 Å². The number of likely N-dealkylation sites (tertiary alicyclic amines) is 2. The standard InChI is InChI=1S/C24H34N6O.2C2HF3O2/c1-19-8-6-7-13-29(19)22(31)21-25-26-23-24(27(2)16-17-30(21)23)11-14-28(15-12-24)18-20-9-4-3-5-10-20;2*3-2(4,5)1(6)7/h3-5,9-10,19H,6-8,11-18H2,1-2H3;2*(H,6,7). The van der Waals surface area contributed by atoms with Crippen LogP contribution in [-0.4, -0.2) is 109 Å². The zero-order chi connectivity index (χ0) is 33.6. The molecule has 1 aromatic heterocycles. The summed E-state index contributed by atoms with van der Waals surface area (Å²) in [5, 5.41) is 23.3. The van der Waals surface area contributed by atoms with Gasteiger partial charge >= 0.3 is 24.3 Å². The Hall–Kier alpha value is -3.73. The van der Waals surface area contributed by atoms with Gasteiger partial charge in [0.05, 0.1) is 5.54 Å². The summed E-state index contributed by atoms with van der Waals surface area (Å²) in [6.07, 6.45) is -4.76. The molecule has 250 valence electrons. The topological polar surface area (TPSA) is 132 Å². The van der Waals surface area contributed by atoms with Crippen LogP contribution in [0, 0.1) is 0 Å². The first-order valence-corrected chi connectivity index (χ1v) is 14.3. The lowest BCUT2D eigenvalue weighted by Crippen LogP contribution is -2.56. The summed E-state index contributed by atoms with van der Waals surface area (Å²) >= 11 is 0. The van der Waals surface area contributed by atoms with E-state index in [2.05, 4.69) is 68.9 Å². The van der Waals surface area contributed by atoms with Gasteiger partial charge in [-0.3, -0.25) is 14.6 Å². The van der Waals surface area contributed by atoms with Gasteiger partial charge in [-0.25, -0.2) is 9.59 Å². The number of aliphatic carboxylic acids is 2. The third-order valence-electron chi connectivity index (χ3n) is 8.23. The van der Waals surface area contributed by atoms with E-state index >= 15 is 0 Å². The predicted molar refractivity (Wildman–Crippen MR) is 147 cm³/mol. The Bertz CT molecular complexity index is 1290. The smallest absolute Gasteiger partial charge is 0.475 e. The summed E-state index contributed by atoms with van der Waals surface area (Å²) in [7, 11) is 2.21. The number of piperidine rings is 2. The van der Waals surface area contributed by atoms with Gasteiger partial charge in [0.15, 0.2) is 5.82 Å². The molecule has 17 heteroatoms. The number of likely N-dealkylation sites (N-methyl/N-ethyl adjacent to an activating group) is 1. The largest absolute Gasteiger partial charge is 0.490 e. The molecule has 4 heterocycles. The van der Waals surface area contributed by atoms with Crippen molar-refractivity contribution in [2.75, 3.05) is 33.2 Å². The molecular formula is C28H36F6N6O5. The van der Waals surface area contributed by atoms with Gasteiger partial charge in [-0.2, -0.15) is 26.3 Å². The average Bonchev–Trinajstić information content (AvgIpc) is 3.41. The third kappa shape index (κ3) is 8.93. The van der Waals surface area contributed by atoms with Crippen LogP contribution in [-0.2, 0) is 28.2 Å². The summed E-state index contributed by atoms with van der Waals surface area (Å²) in [6, 6.07) is 11.0. The molecular weight excluding hydrogens is 614 g/mol. The zero-order valence-electron chi connectivity index (χ0n) is 24.8. The van der Waals surface area contributed by atoms with Crippen LogP contribution in [0.1, 0.15) is 61.0 Å². The van der Waals surface area contributed by atoms with E-state index in [1.165, 1.54) is 12.0 Å². The van der Waals surface area contributed by atoms with E-state index < -0.39 is 24.3 Å². The van der Waals surface area contributed by atoms with Crippen LogP contribution < -0.4 is 0 Å². The Morgan fingerprint density at radius 3 is 1.93 bits per heavy atom. The van der Waals surface area contributed by atoms with Gasteiger partial charge in [0.2, 0.25) is 5.82 Å². The highest BCUT2D eigenvalue weighted by molar-refractivity contribution is 5.91. The second kappa shape index (κ2) is 14.6. The van der Waals surface area contributed by atoms with Crippen molar-refractivity contribution in [2.24, 2.45) is 0 Å². The lowest BCUT2D eigenvalue weighted by molar-refractivity contribution is -0.193. The van der Waals surface area contributed by atoms with Gasteiger partial charge in [0.25, 0.3) is 5.91 Å². The van der Waals surface area contributed by atoms with Crippen LogP contribution in [0.25, 0.3) is 0 Å². The number of amides is 1. The molecule has 0 bridgehead atoms. The molecule has 2 saturated heterocycles. The normalized spacial score (nSPS) is 20.3. The molecule has 3 aliphatic heterocycles. The molecule has 2 aromatic rings. The number of carbonyl (C=O) groups excluding carboxylic acids is 1. The molecule has 0 aliphatic carbocycles. The van der Waals surface area contributed by atoms with Gasteiger partial charge in [0, 0.05) is 45.3 Å². The van der Waals surface area contributed by atoms with Crippen molar-refractivity contribution in [2.45, 2.75) is 76.1 Å². The molecule has 1 amide bonds. The summed E-state index contributed by atoms with van der Waals surface area (Å²) in [6.45, 7) is 7.75. The molecule has 1 spiro atoms. The summed E-state index contributed by atoms with van der Waals surface area (Å²) in [4.78, 5) is 38.1. The molecule has 11 nitrogen and oxygen atoms in total. The van der Waals surface area contributed by atoms with Gasteiger partial charge in [0.1, 0.15) is 0 Å². The van der Waals surface area contributed by atoms with Crippen LogP contribution in [0.3, 0.4) is 0 Å². The monoisotopic (exact) mass is 650 g/mol. The number of carboxylic acid groups (broad SMARTS) is 2. The van der Waals surface area contributed by atoms with Crippen molar-refractivity contribution in [1.82, 2.24) is 29.5 Å². The summed E-state index contributed by atoms with van der Waals surface area (Å²) in [5.41, 5.74) is 1.24. The van der Waals surface area contributed by atoms with E-state index in [0.29, 0.717) is 5.82 Å². The number of carboxylic acids is 2. The average molecular weight is 651 g/mol. The molecule has 1 atom stereocenters. The fourth-order valence-electron chi connectivity index (χ4n) is 5.71. The lowest BCUT2D eigenvalue weighted by atomic mass is 9.83. The molecule has 1 aromatic carbocycles. The molecule has 2 fully saturated rings. The van der Waals surface area contributed by atoms with E-state index in [4.69, 9.17) is 19.8 Å². The highest BCUT2D eigenvalue weighted by Gasteiger charge is 2.47. The van der Waals surface area contributed by atoms with Crippen LogP contribution in [0.15, 0.2) is 30.3 Å². The number of aromatic nitrogens is 3. The molecule has 0 saturated carbocycles. The van der Waals surface area contributed by atoms with E-state index in [0.717, 1.165) is 70.8 Å². The maximum atomic E-state index is 13.3.